The summed E-state index contributed by atoms with van der Waals surface area (Å²) in [6.07, 6.45) is -4.51. The molecule has 0 aromatic carbocycles. The number of H-pyrrole nitrogens is 1. The predicted molar refractivity (Wildman–Crippen MR) is 99.2 cm³/mol. The van der Waals surface area contributed by atoms with E-state index >= 15 is 0 Å². The molecule has 0 amide bonds. The maximum atomic E-state index is 12.2. The Bertz CT molecular complexity index is 851. The van der Waals surface area contributed by atoms with Gasteiger partial charge in [-0.1, -0.05) is 0 Å². The molecule has 13 heteroatoms. The first-order valence-corrected chi connectivity index (χ1v) is 10.5. The Morgan fingerprint density at radius 3 is 2.48 bits per heavy atom. The minimum atomic E-state index is -4.37. The normalized spacial score (nSPS) is 26.9. The van der Waals surface area contributed by atoms with Crippen LogP contribution >= 0.6 is 7.82 Å². The van der Waals surface area contributed by atoms with Gasteiger partial charge in [0.1, 0.15) is 18.3 Å². The van der Waals surface area contributed by atoms with Crippen molar-refractivity contribution in [2.45, 2.75) is 71.0 Å². The summed E-state index contributed by atoms with van der Waals surface area (Å²) in [5.41, 5.74) is -1.73. The van der Waals surface area contributed by atoms with Crippen molar-refractivity contribution in [3.05, 3.63) is 32.6 Å². The summed E-state index contributed by atoms with van der Waals surface area (Å²) in [6, 6.07) is 0. The number of aromatic nitrogens is 2. The van der Waals surface area contributed by atoms with E-state index < -0.39 is 62.9 Å². The molecule has 12 nitrogen and oxygen atoms in total. The number of aliphatic hydroxyl groups excluding tert-OH is 2. The van der Waals surface area contributed by atoms with Crippen molar-refractivity contribution in [3.63, 3.8) is 0 Å². The monoisotopic (exact) mass is 438 g/mol. The Labute approximate surface area is 166 Å². The molecule has 1 aliphatic rings. The van der Waals surface area contributed by atoms with E-state index in [-0.39, 0.29) is 11.7 Å². The lowest BCUT2D eigenvalue weighted by Crippen LogP contribution is -2.40. The van der Waals surface area contributed by atoms with Gasteiger partial charge in [0.15, 0.2) is 6.23 Å². The van der Waals surface area contributed by atoms with Crippen molar-refractivity contribution in [2.24, 2.45) is 0 Å². The van der Waals surface area contributed by atoms with Crippen molar-refractivity contribution in [1.82, 2.24) is 9.55 Å². The molecule has 1 aromatic heterocycles. The molecule has 1 aliphatic heterocycles. The largest absolute Gasteiger partial charge is 0.472 e. The zero-order chi connectivity index (χ0) is 21.9. The lowest BCUT2D eigenvalue weighted by Gasteiger charge is -2.23. The molecule has 0 saturated carbocycles. The summed E-state index contributed by atoms with van der Waals surface area (Å²) in [5.74, 6) is 0. The average Bonchev–Trinajstić information content (AvgIpc) is 2.88. The van der Waals surface area contributed by atoms with Crippen LogP contribution in [0.3, 0.4) is 0 Å². The lowest BCUT2D eigenvalue weighted by atomic mass is 10.1. The number of ether oxygens (including phenoxy) is 2. The van der Waals surface area contributed by atoms with Crippen molar-refractivity contribution in [1.29, 1.82) is 0 Å². The van der Waals surface area contributed by atoms with Crippen molar-refractivity contribution >= 4 is 7.82 Å². The molecular weight excluding hydrogens is 411 g/mol. The number of rotatable bonds is 9. The number of phosphoric acid groups is 1. The van der Waals surface area contributed by atoms with E-state index in [1.165, 1.54) is 0 Å². The van der Waals surface area contributed by atoms with E-state index in [1.807, 2.05) is 4.98 Å². The topological polar surface area (TPSA) is 170 Å². The smallest absolute Gasteiger partial charge is 0.391 e. The highest BCUT2D eigenvalue weighted by Crippen LogP contribution is 2.45. The van der Waals surface area contributed by atoms with Crippen LogP contribution in [0.5, 0.6) is 0 Å². The molecule has 4 N–H and O–H groups in total. The van der Waals surface area contributed by atoms with E-state index in [0.29, 0.717) is 0 Å². The second-order valence-corrected chi connectivity index (χ2v) is 8.51. The van der Waals surface area contributed by atoms with Gasteiger partial charge in [-0.25, -0.2) is 9.36 Å². The molecular formula is C16H27N2O10P. The number of aromatic amines is 1. The molecule has 2 unspecified atom stereocenters. The Balaban J connectivity index is 2.28. The number of nitrogens with one attached hydrogen (secondary N) is 1. The van der Waals surface area contributed by atoms with Crippen LogP contribution in [0.1, 0.15) is 39.5 Å². The van der Waals surface area contributed by atoms with Crippen LogP contribution in [0.15, 0.2) is 15.8 Å². The molecule has 1 fully saturated rings. The average molecular weight is 438 g/mol. The highest BCUT2D eigenvalue weighted by atomic mass is 31.2. The van der Waals surface area contributed by atoms with E-state index in [0.717, 1.165) is 10.8 Å². The molecule has 0 radical (unpaired) electrons. The van der Waals surface area contributed by atoms with Crippen molar-refractivity contribution in [3.8, 4) is 0 Å². The minimum absolute atomic E-state index is 0.105. The van der Waals surface area contributed by atoms with E-state index in [4.69, 9.17) is 18.5 Å². The van der Waals surface area contributed by atoms with Crippen molar-refractivity contribution in [2.75, 3.05) is 6.61 Å². The third-order valence-corrected chi connectivity index (χ3v) is 5.13. The molecule has 1 aromatic rings. The van der Waals surface area contributed by atoms with Gasteiger partial charge in [0.05, 0.1) is 31.0 Å². The quantitative estimate of drug-likeness (QED) is 0.373. The lowest BCUT2D eigenvalue weighted by molar-refractivity contribution is -0.0791. The fourth-order valence-corrected chi connectivity index (χ4v) is 3.79. The number of aliphatic hydroxyl groups is 2. The molecule has 0 spiro atoms. The first kappa shape index (κ1) is 23.9. The number of nitrogens with zero attached hydrogens (tertiary/aromatic N) is 1. The second kappa shape index (κ2) is 9.63. The van der Waals surface area contributed by atoms with Gasteiger partial charge >= 0.3 is 13.5 Å². The van der Waals surface area contributed by atoms with Crippen LogP contribution in [-0.4, -0.2) is 61.8 Å². The molecule has 2 heterocycles. The Morgan fingerprint density at radius 1 is 1.28 bits per heavy atom. The molecule has 1 saturated heterocycles. The highest BCUT2D eigenvalue weighted by Gasteiger charge is 2.47. The molecule has 0 aliphatic carbocycles. The molecule has 2 rings (SSSR count). The first-order chi connectivity index (χ1) is 13.4. The predicted octanol–water partition coefficient (Wildman–Crippen LogP) is -0.377. The Morgan fingerprint density at radius 2 is 1.93 bits per heavy atom. The van der Waals surface area contributed by atoms with Crippen LogP contribution in [0.25, 0.3) is 0 Å². The molecule has 29 heavy (non-hydrogen) atoms. The SMILES string of the molecule is CC(C)OC1[C@@H](COP(=O)(O)OC(C)C)O[C@@H](n2cc(CO)c(=O)[nH]c2=O)[C@H]1O. The summed E-state index contributed by atoms with van der Waals surface area (Å²) in [4.78, 5) is 35.6. The van der Waals surface area contributed by atoms with E-state index in [1.54, 1.807) is 27.7 Å². The number of hydrogen-bond acceptors (Lipinski definition) is 9. The van der Waals surface area contributed by atoms with Gasteiger partial charge in [-0.2, -0.15) is 0 Å². The maximum absolute atomic E-state index is 12.2. The minimum Gasteiger partial charge on any atom is -0.391 e. The summed E-state index contributed by atoms with van der Waals surface area (Å²) in [6.45, 7) is 5.46. The van der Waals surface area contributed by atoms with Crippen LogP contribution in [0, 0.1) is 0 Å². The standard InChI is InChI=1S/C16H27N2O10P/c1-8(2)26-13-11(7-25-29(23,24)28-9(3)4)27-15(12(13)20)18-5-10(6-19)14(21)17-16(18)22/h5,8-9,11-13,15,19-20H,6-7H2,1-4H3,(H,23,24)(H,17,21,22)/t11-,12+,13?,15-/m1/s1. The van der Waals surface area contributed by atoms with Gasteiger partial charge in [-0.05, 0) is 27.7 Å². The summed E-state index contributed by atoms with van der Waals surface area (Å²) >= 11 is 0. The third kappa shape index (κ3) is 6.06. The van der Waals surface area contributed by atoms with Gasteiger partial charge in [-0.15, -0.1) is 0 Å². The number of hydrogen-bond donors (Lipinski definition) is 4. The zero-order valence-electron chi connectivity index (χ0n) is 16.5. The third-order valence-electron chi connectivity index (χ3n) is 3.97. The first-order valence-electron chi connectivity index (χ1n) is 9.05. The summed E-state index contributed by atoms with van der Waals surface area (Å²) in [5, 5.41) is 19.9. The van der Waals surface area contributed by atoms with Crippen LogP contribution in [0.4, 0.5) is 0 Å². The fraction of sp³-hybridized carbons (Fsp3) is 0.750. The zero-order valence-corrected chi connectivity index (χ0v) is 17.4. The summed E-state index contributed by atoms with van der Waals surface area (Å²) < 4.78 is 33.9. The van der Waals surface area contributed by atoms with Crippen LogP contribution in [-0.2, 0) is 29.7 Å². The number of phosphoric ester groups is 1. The highest BCUT2D eigenvalue weighted by molar-refractivity contribution is 7.47. The van der Waals surface area contributed by atoms with Gasteiger partial charge < -0.3 is 24.6 Å². The molecule has 5 atom stereocenters. The van der Waals surface area contributed by atoms with E-state index in [2.05, 4.69) is 0 Å². The van der Waals surface area contributed by atoms with Crippen molar-refractivity contribution < 1.29 is 38.2 Å². The van der Waals surface area contributed by atoms with Crippen LogP contribution in [0.2, 0.25) is 0 Å². The van der Waals surface area contributed by atoms with Gasteiger partial charge in [0.25, 0.3) is 5.56 Å². The van der Waals surface area contributed by atoms with Gasteiger partial charge in [0, 0.05) is 6.20 Å². The van der Waals surface area contributed by atoms with E-state index in [9.17, 15) is 29.3 Å². The van der Waals surface area contributed by atoms with Gasteiger partial charge in [-0.3, -0.25) is 23.4 Å². The Kier molecular flexibility index (Phi) is 7.93. The van der Waals surface area contributed by atoms with Gasteiger partial charge in [0.2, 0.25) is 0 Å². The molecule has 166 valence electrons. The molecule has 0 bridgehead atoms. The Hall–Kier alpha value is -1.37. The van der Waals surface area contributed by atoms with Crippen LogP contribution < -0.4 is 11.2 Å². The fourth-order valence-electron chi connectivity index (χ4n) is 2.86. The maximum Gasteiger partial charge on any atom is 0.472 e. The summed E-state index contributed by atoms with van der Waals surface area (Å²) in [7, 11) is -4.37. The second-order valence-electron chi connectivity index (χ2n) is 7.10.